The first kappa shape index (κ1) is 15.1. The lowest BCUT2D eigenvalue weighted by Crippen LogP contribution is -2.32. The van der Waals surface area contributed by atoms with Crippen LogP contribution in [0.25, 0.3) is 5.69 Å². The van der Waals surface area contributed by atoms with E-state index in [9.17, 15) is 9.90 Å². The Morgan fingerprint density at radius 3 is 3.00 bits per heavy atom. The summed E-state index contributed by atoms with van der Waals surface area (Å²) >= 11 is 0. The number of aliphatic hydroxyl groups is 1. The van der Waals surface area contributed by atoms with Crippen LogP contribution < -0.4 is 11.1 Å². The molecule has 0 spiro atoms. The molecule has 0 aliphatic rings. The van der Waals surface area contributed by atoms with Gasteiger partial charge in [0.2, 0.25) is 0 Å². The highest BCUT2D eigenvalue weighted by molar-refractivity contribution is 5.92. The fourth-order valence-electron chi connectivity index (χ4n) is 1.99. The molecule has 2 aromatic rings. The summed E-state index contributed by atoms with van der Waals surface area (Å²) in [5.41, 5.74) is 7.46. The van der Waals surface area contributed by atoms with E-state index in [2.05, 4.69) is 10.4 Å². The zero-order valence-electron chi connectivity index (χ0n) is 12.0. The number of carbonyl (C=O) groups excluding carboxylic acids is 1. The van der Waals surface area contributed by atoms with E-state index < -0.39 is 6.10 Å². The number of amides is 1. The second kappa shape index (κ2) is 6.90. The van der Waals surface area contributed by atoms with E-state index in [1.807, 2.05) is 19.1 Å². The molecule has 2 rings (SSSR count). The zero-order valence-corrected chi connectivity index (χ0v) is 12.0. The normalized spacial score (nSPS) is 12.1. The van der Waals surface area contributed by atoms with Crippen molar-refractivity contribution in [2.45, 2.75) is 25.9 Å². The van der Waals surface area contributed by atoms with E-state index in [1.165, 1.54) is 0 Å². The molecule has 0 fully saturated rings. The molecule has 0 saturated heterocycles. The van der Waals surface area contributed by atoms with Gasteiger partial charge in [0.15, 0.2) is 5.69 Å². The third-order valence-electron chi connectivity index (χ3n) is 3.08. The second-order valence-corrected chi connectivity index (χ2v) is 4.89. The Balaban J connectivity index is 2.01. The molecule has 1 unspecified atom stereocenters. The number of hydrogen-bond donors (Lipinski definition) is 3. The molecule has 1 aromatic heterocycles. The Bertz CT molecular complexity index is 609. The summed E-state index contributed by atoms with van der Waals surface area (Å²) in [5.74, 6) is -0.298. The SMILES string of the molecule is CCCC(O)CNC(=O)c1ccn(-c2cccc(N)c2)n1. The Morgan fingerprint density at radius 1 is 1.48 bits per heavy atom. The van der Waals surface area contributed by atoms with E-state index in [1.54, 1.807) is 29.1 Å². The summed E-state index contributed by atoms with van der Waals surface area (Å²) in [4.78, 5) is 11.9. The number of aromatic nitrogens is 2. The van der Waals surface area contributed by atoms with Crippen LogP contribution in [0.5, 0.6) is 0 Å². The Hall–Kier alpha value is -2.34. The molecule has 21 heavy (non-hydrogen) atoms. The topological polar surface area (TPSA) is 93.2 Å². The highest BCUT2D eigenvalue weighted by atomic mass is 16.3. The van der Waals surface area contributed by atoms with Crippen LogP contribution in [0.4, 0.5) is 5.69 Å². The van der Waals surface area contributed by atoms with Gasteiger partial charge in [-0.25, -0.2) is 4.68 Å². The Kier molecular flexibility index (Phi) is 4.94. The molecule has 112 valence electrons. The van der Waals surface area contributed by atoms with Crippen molar-refractivity contribution in [2.24, 2.45) is 0 Å². The van der Waals surface area contributed by atoms with Crippen molar-refractivity contribution in [3.63, 3.8) is 0 Å². The molecule has 0 saturated carbocycles. The first-order valence-electron chi connectivity index (χ1n) is 6.98. The average Bonchev–Trinajstić information content (AvgIpc) is 2.95. The number of nitrogens with two attached hydrogens (primary N) is 1. The van der Waals surface area contributed by atoms with Crippen LogP contribution >= 0.6 is 0 Å². The van der Waals surface area contributed by atoms with Gasteiger partial charge in [-0.15, -0.1) is 0 Å². The van der Waals surface area contributed by atoms with Gasteiger partial charge in [0.25, 0.3) is 5.91 Å². The van der Waals surface area contributed by atoms with Crippen LogP contribution in [0.2, 0.25) is 0 Å². The summed E-state index contributed by atoms with van der Waals surface area (Å²) in [6, 6.07) is 8.88. The van der Waals surface area contributed by atoms with Crippen LogP contribution in [0, 0.1) is 0 Å². The smallest absolute Gasteiger partial charge is 0.271 e. The lowest BCUT2D eigenvalue weighted by molar-refractivity contribution is 0.0905. The van der Waals surface area contributed by atoms with Crippen LogP contribution in [0.3, 0.4) is 0 Å². The van der Waals surface area contributed by atoms with Gasteiger partial charge in [-0.1, -0.05) is 19.4 Å². The maximum absolute atomic E-state index is 11.9. The van der Waals surface area contributed by atoms with Crippen LogP contribution in [0.1, 0.15) is 30.3 Å². The van der Waals surface area contributed by atoms with Crippen molar-refractivity contribution in [3.05, 3.63) is 42.2 Å². The molecule has 1 aromatic carbocycles. The van der Waals surface area contributed by atoms with Crippen LogP contribution in [0.15, 0.2) is 36.5 Å². The maximum atomic E-state index is 11.9. The number of rotatable bonds is 6. The zero-order chi connectivity index (χ0) is 15.2. The quantitative estimate of drug-likeness (QED) is 0.699. The van der Waals surface area contributed by atoms with Gasteiger partial charge in [-0.2, -0.15) is 5.10 Å². The fourth-order valence-corrected chi connectivity index (χ4v) is 1.99. The molecule has 4 N–H and O–H groups in total. The third-order valence-corrected chi connectivity index (χ3v) is 3.08. The highest BCUT2D eigenvalue weighted by Gasteiger charge is 2.11. The van der Waals surface area contributed by atoms with Gasteiger partial charge in [0, 0.05) is 18.4 Å². The molecule has 0 aliphatic heterocycles. The van der Waals surface area contributed by atoms with E-state index in [0.717, 1.165) is 12.1 Å². The number of carbonyl (C=O) groups is 1. The van der Waals surface area contributed by atoms with Crippen molar-refractivity contribution < 1.29 is 9.90 Å². The molecule has 0 aliphatic carbocycles. The lowest BCUT2D eigenvalue weighted by atomic mass is 10.2. The number of hydrogen-bond acceptors (Lipinski definition) is 4. The van der Waals surface area contributed by atoms with Gasteiger partial charge in [-0.3, -0.25) is 4.79 Å². The Morgan fingerprint density at radius 2 is 2.29 bits per heavy atom. The number of anilines is 1. The van der Waals surface area contributed by atoms with Gasteiger partial charge in [0.1, 0.15) is 0 Å². The molecule has 0 bridgehead atoms. The van der Waals surface area contributed by atoms with Gasteiger partial charge < -0.3 is 16.2 Å². The number of aliphatic hydroxyl groups excluding tert-OH is 1. The molecular formula is C15H20N4O2. The highest BCUT2D eigenvalue weighted by Crippen LogP contribution is 2.11. The van der Waals surface area contributed by atoms with Crippen LogP contribution in [-0.2, 0) is 0 Å². The minimum Gasteiger partial charge on any atom is -0.399 e. The van der Waals surface area contributed by atoms with Gasteiger partial charge in [0.05, 0.1) is 11.8 Å². The van der Waals surface area contributed by atoms with E-state index in [4.69, 9.17) is 5.73 Å². The predicted molar refractivity (Wildman–Crippen MR) is 81.2 cm³/mol. The predicted octanol–water partition coefficient (Wildman–Crippen LogP) is 1.35. The van der Waals surface area contributed by atoms with Crippen molar-refractivity contribution >= 4 is 11.6 Å². The monoisotopic (exact) mass is 288 g/mol. The second-order valence-electron chi connectivity index (χ2n) is 4.89. The van der Waals surface area contributed by atoms with Crippen LogP contribution in [-0.4, -0.2) is 33.4 Å². The standard InChI is InChI=1S/C15H20N4O2/c1-2-4-13(20)10-17-15(21)14-7-8-19(18-14)12-6-3-5-11(16)9-12/h3,5-9,13,20H,2,4,10,16H2,1H3,(H,17,21). The summed E-state index contributed by atoms with van der Waals surface area (Å²) < 4.78 is 1.59. The number of benzene rings is 1. The van der Waals surface area contributed by atoms with E-state index in [0.29, 0.717) is 17.8 Å². The number of nitrogens with one attached hydrogen (secondary N) is 1. The molecule has 1 heterocycles. The summed E-state index contributed by atoms with van der Waals surface area (Å²) in [6.45, 7) is 2.22. The first-order chi connectivity index (χ1) is 10.1. The van der Waals surface area contributed by atoms with Gasteiger partial charge >= 0.3 is 0 Å². The molecule has 6 heteroatoms. The minimum atomic E-state index is -0.519. The summed E-state index contributed by atoms with van der Waals surface area (Å²) in [5, 5.41) is 16.5. The van der Waals surface area contributed by atoms with Crippen molar-refractivity contribution in [3.8, 4) is 5.69 Å². The summed E-state index contributed by atoms with van der Waals surface area (Å²) in [7, 11) is 0. The fraction of sp³-hybridized carbons (Fsp3) is 0.333. The average molecular weight is 288 g/mol. The van der Waals surface area contributed by atoms with E-state index in [-0.39, 0.29) is 12.5 Å². The maximum Gasteiger partial charge on any atom is 0.271 e. The minimum absolute atomic E-state index is 0.234. The summed E-state index contributed by atoms with van der Waals surface area (Å²) in [6.07, 6.45) is 2.72. The van der Waals surface area contributed by atoms with E-state index >= 15 is 0 Å². The van der Waals surface area contributed by atoms with Gasteiger partial charge in [-0.05, 0) is 30.7 Å². The molecule has 6 nitrogen and oxygen atoms in total. The third kappa shape index (κ3) is 4.06. The Labute approximate surface area is 123 Å². The molecule has 0 radical (unpaired) electrons. The molecular weight excluding hydrogens is 268 g/mol. The van der Waals surface area contributed by atoms with Crippen molar-refractivity contribution in [1.82, 2.24) is 15.1 Å². The number of nitrogens with zero attached hydrogens (tertiary/aromatic N) is 2. The molecule has 1 atom stereocenters. The van der Waals surface area contributed by atoms with Crippen molar-refractivity contribution in [2.75, 3.05) is 12.3 Å². The first-order valence-corrected chi connectivity index (χ1v) is 6.98. The lowest BCUT2D eigenvalue weighted by Gasteiger charge is -2.09. The largest absolute Gasteiger partial charge is 0.399 e. The molecule has 1 amide bonds. The number of nitrogen functional groups attached to an aromatic ring is 1. The van der Waals surface area contributed by atoms with Crippen molar-refractivity contribution in [1.29, 1.82) is 0 Å².